The van der Waals surface area contributed by atoms with Crippen LogP contribution >= 0.6 is 27.7 Å². The predicted molar refractivity (Wildman–Crippen MR) is 94.0 cm³/mol. The van der Waals surface area contributed by atoms with Crippen LogP contribution in [-0.2, 0) is 0 Å². The lowest BCUT2D eigenvalue weighted by Crippen LogP contribution is -2.29. The van der Waals surface area contributed by atoms with Crippen molar-refractivity contribution in [1.29, 1.82) is 0 Å². The molecule has 112 valence electrons. The zero-order chi connectivity index (χ0) is 14.9. The Morgan fingerprint density at radius 3 is 2.14 bits per heavy atom. The van der Waals surface area contributed by atoms with Crippen molar-refractivity contribution in [3.8, 4) is 5.75 Å². The third-order valence-electron chi connectivity index (χ3n) is 3.16. The van der Waals surface area contributed by atoms with Gasteiger partial charge in [0.1, 0.15) is 5.75 Å². The first kappa shape index (κ1) is 16.4. The van der Waals surface area contributed by atoms with Gasteiger partial charge in [-0.3, -0.25) is 0 Å². The van der Waals surface area contributed by atoms with E-state index in [1.54, 1.807) is 24.3 Å². The highest BCUT2D eigenvalue weighted by molar-refractivity contribution is 9.10. The van der Waals surface area contributed by atoms with Crippen LogP contribution in [0.25, 0.3) is 0 Å². The minimum absolute atomic E-state index is 0.299. The predicted octanol–water partition coefficient (Wildman–Crippen LogP) is 4.69. The fourth-order valence-corrected chi connectivity index (χ4v) is 3.48. The molecule has 1 aliphatic heterocycles. The fourth-order valence-electron chi connectivity index (χ4n) is 2.05. The van der Waals surface area contributed by atoms with E-state index >= 15 is 0 Å². The van der Waals surface area contributed by atoms with Gasteiger partial charge in [-0.15, -0.1) is 11.8 Å². The third kappa shape index (κ3) is 6.55. The van der Waals surface area contributed by atoms with Gasteiger partial charge in [-0.1, -0.05) is 34.1 Å². The average molecular weight is 366 g/mol. The zero-order valence-electron chi connectivity index (χ0n) is 11.8. The molecule has 0 saturated carbocycles. The van der Waals surface area contributed by atoms with Gasteiger partial charge >= 0.3 is 0 Å². The summed E-state index contributed by atoms with van der Waals surface area (Å²) in [6, 6.07) is 17.5. The molecule has 1 fully saturated rings. The van der Waals surface area contributed by atoms with Gasteiger partial charge in [0.05, 0.1) is 0 Å². The molecular formula is C17H20BrNOS. The summed E-state index contributed by atoms with van der Waals surface area (Å²) >= 11 is 5.26. The molecule has 2 nitrogen and oxygen atoms in total. The molecule has 0 unspecified atom stereocenters. The molecule has 0 aromatic heterocycles. The summed E-state index contributed by atoms with van der Waals surface area (Å²) in [5.41, 5.74) is 0. The van der Waals surface area contributed by atoms with E-state index in [1.165, 1.54) is 30.8 Å². The van der Waals surface area contributed by atoms with Crippen molar-refractivity contribution in [1.82, 2.24) is 5.32 Å². The number of halogens is 1. The molecule has 1 saturated heterocycles. The summed E-state index contributed by atoms with van der Waals surface area (Å²) in [6.45, 7) is 2.37. The summed E-state index contributed by atoms with van der Waals surface area (Å²) in [5.74, 6) is 0.299. The first-order chi connectivity index (χ1) is 10.2. The summed E-state index contributed by atoms with van der Waals surface area (Å²) in [5, 5.41) is 12.9. The van der Waals surface area contributed by atoms with Crippen LogP contribution in [-0.4, -0.2) is 23.4 Å². The highest BCUT2D eigenvalue weighted by Crippen LogP contribution is 2.27. The molecule has 0 spiro atoms. The van der Waals surface area contributed by atoms with Gasteiger partial charge in [0, 0.05) is 14.6 Å². The molecule has 0 amide bonds. The molecule has 2 aromatic carbocycles. The molecule has 0 radical (unpaired) electrons. The number of phenolic OH excluding ortho intramolecular Hbond substituents is 1. The van der Waals surface area contributed by atoms with Gasteiger partial charge in [-0.05, 0) is 62.3 Å². The Bertz CT molecular complexity index is 491. The Kier molecular flexibility index (Phi) is 7.13. The van der Waals surface area contributed by atoms with Gasteiger partial charge in [-0.2, -0.15) is 0 Å². The average Bonchev–Trinajstić information content (AvgIpc) is 2.53. The Morgan fingerprint density at radius 1 is 0.952 bits per heavy atom. The maximum Gasteiger partial charge on any atom is 0.115 e. The molecule has 4 heteroatoms. The highest BCUT2D eigenvalue weighted by atomic mass is 79.9. The van der Waals surface area contributed by atoms with E-state index in [-0.39, 0.29) is 0 Å². The number of nitrogens with one attached hydrogen (secondary N) is 1. The quantitative estimate of drug-likeness (QED) is 0.809. The molecule has 21 heavy (non-hydrogen) atoms. The van der Waals surface area contributed by atoms with Crippen LogP contribution in [0.15, 0.2) is 64.0 Å². The van der Waals surface area contributed by atoms with Crippen LogP contribution in [0.2, 0.25) is 0 Å². The third-order valence-corrected chi connectivity index (χ3v) is 5.04. The fraction of sp³-hybridized carbons (Fsp3) is 0.294. The Hall–Kier alpha value is -0.970. The summed E-state index contributed by atoms with van der Waals surface area (Å²) < 4.78 is 0.982. The van der Waals surface area contributed by atoms with E-state index in [1.807, 2.05) is 11.8 Å². The molecule has 0 bridgehead atoms. The number of hydrogen-bond acceptors (Lipinski definition) is 3. The van der Waals surface area contributed by atoms with Crippen molar-refractivity contribution in [2.45, 2.75) is 23.0 Å². The van der Waals surface area contributed by atoms with Gasteiger partial charge in [-0.25, -0.2) is 0 Å². The van der Waals surface area contributed by atoms with Crippen molar-refractivity contribution in [3.05, 3.63) is 59.1 Å². The molecule has 2 N–H and O–H groups in total. The van der Waals surface area contributed by atoms with Crippen LogP contribution in [0.1, 0.15) is 12.8 Å². The van der Waals surface area contributed by atoms with Crippen LogP contribution in [0, 0.1) is 0 Å². The Morgan fingerprint density at radius 2 is 1.57 bits per heavy atom. The lowest BCUT2D eigenvalue weighted by Gasteiger charge is -2.21. The number of piperidine rings is 1. The lowest BCUT2D eigenvalue weighted by atomic mass is 10.2. The largest absolute Gasteiger partial charge is 0.508 e. The van der Waals surface area contributed by atoms with Crippen LogP contribution in [0.4, 0.5) is 0 Å². The molecule has 1 aliphatic rings. The number of thioether (sulfide) groups is 1. The first-order valence-corrected chi connectivity index (χ1v) is 8.78. The maximum absolute atomic E-state index is 8.74. The number of aromatic hydroxyl groups is 1. The molecule has 3 rings (SSSR count). The second-order valence-electron chi connectivity index (χ2n) is 4.86. The van der Waals surface area contributed by atoms with E-state index in [0.29, 0.717) is 5.75 Å². The molecule has 0 atom stereocenters. The number of rotatable bonds is 2. The van der Waals surface area contributed by atoms with Gasteiger partial charge < -0.3 is 10.4 Å². The van der Waals surface area contributed by atoms with Crippen molar-refractivity contribution < 1.29 is 5.11 Å². The monoisotopic (exact) mass is 365 g/mol. The van der Waals surface area contributed by atoms with E-state index in [4.69, 9.17) is 5.11 Å². The topological polar surface area (TPSA) is 32.3 Å². The van der Waals surface area contributed by atoms with E-state index in [0.717, 1.165) is 9.72 Å². The molecule has 2 aromatic rings. The maximum atomic E-state index is 8.74. The van der Waals surface area contributed by atoms with E-state index < -0.39 is 0 Å². The van der Waals surface area contributed by atoms with Gasteiger partial charge in [0.25, 0.3) is 0 Å². The summed E-state index contributed by atoms with van der Waals surface area (Å²) in [6.07, 6.45) is 2.61. The zero-order valence-corrected chi connectivity index (χ0v) is 14.2. The normalized spacial score (nSPS) is 15.1. The molecule has 1 heterocycles. The Balaban J connectivity index is 0.000000173. The second kappa shape index (κ2) is 9.13. The minimum atomic E-state index is 0.299. The number of benzene rings is 2. The molecule has 0 aliphatic carbocycles. The lowest BCUT2D eigenvalue weighted by molar-refractivity contribution is 0.475. The molecular weight excluding hydrogens is 346 g/mol. The van der Waals surface area contributed by atoms with Crippen molar-refractivity contribution in [2.24, 2.45) is 0 Å². The van der Waals surface area contributed by atoms with Crippen molar-refractivity contribution in [3.63, 3.8) is 0 Å². The number of phenols is 1. The van der Waals surface area contributed by atoms with Crippen molar-refractivity contribution >= 4 is 27.7 Å². The summed E-state index contributed by atoms with van der Waals surface area (Å²) in [7, 11) is 0. The first-order valence-electron chi connectivity index (χ1n) is 7.11. The summed E-state index contributed by atoms with van der Waals surface area (Å²) in [4.78, 5) is 1.41. The van der Waals surface area contributed by atoms with Crippen LogP contribution in [0.5, 0.6) is 5.75 Å². The highest BCUT2D eigenvalue weighted by Gasteiger charge is 2.13. The SMILES string of the molecule is Oc1ccc(Br)cc1.c1ccc(SC2CCNCC2)cc1. The van der Waals surface area contributed by atoms with Gasteiger partial charge in [0.2, 0.25) is 0 Å². The number of hydrogen-bond donors (Lipinski definition) is 2. The van der Waals surface area contributed by atoms with E-state index in [2.05, 4.69) is 51.6 Å². The van der Waals surface area contributed by atoms with Crippen LogP contribution in [0.3, 0.4) is 0 Å². The van der Waals surface area contributed by atoms with Crippen molar-refractivity contribution in [2.75, 3.05) is 13.1 Å². The minimum Gasteiger partial charge on any atom is -0.508 e. The Labute approximate surface area is 139 Å². The smallest absolute Gasteiger partial charge is 0.115 e. The van der Waals surface area contributed by atoms with E-state index in [9.17, 15) is 0 Å². The van der Waals surface area contributed by atoms with Crippen LogP contribution < -0.4 is 5.32 Å². The standard InChI is InChI=1S/C11H15NS.C6H5BrO/c1-2-4-10(5-3-1)13-11-6-8-12-9-7-11;7-5-1-3-6(8)4-2-5/h1-5,11-12H,6-9H2;1-4,8H. The second-order valence-corrected chi connectivity index (χ2v) is 7.15. The van der Waals surface area contributed by atoms with Gasteiger partial charge in [0.15, 0.2) is 0 Å².